The Morgan fingerprint density at radius 1 is 1.23 bits per heavy atom. The Labute approximate surface area is 199 Å². The van der Waals surface area contributed by atoms with Crippen LogP contribution >= 0.6 is 24.0 Å². The summed E-state index contributed by atoms with van der Waals surface area (Å²) in [5.41, 5.74) is 1.92. The third kappa shape index (κ3) is 10.1. The van der Waals surface area contributed by atoms with E-state index in [-0.39, 0.29) is 35.8 Å². The van der Waals surface area contributed by atoms with E-state index in [1.807, 2.05) is 38.1 Å². The van der Waals surface area contributed by atoms with Crippen LogP contribution in [0.5, 0.6) is 0 Å². The number of nitrogens with zero attached hydrogens (tertiary/aromatic N) is 1. The van der Waals surface area contributed by atoms with Crippen LogP contribution in [0.25, 0.3) is 0 Å². The highest BCUT2D eigenvalue weighted by Crippen LogP contribution is 2.20. The Balaban J connectivity index is 0.00000450. The topological polar surface area (TPSA) is 74.8 Å². The molecule has 0 aromatic heterocycles. The van der Waals surface area contributed by atoms with Gasteiger partial charge in [-0.05, 0) is 43.4 Å². The van der Waals surface area contributed by atoms with Crippen LogP contribution < -0.4 is 16.0 Å². The number of ether oxygens (including phenoxy) is 1. The van der Waals surface area contributed by atoms with Crippen molar-refractivity contribution in [3.8, 4) is 0 Å². The Bertz CT molecular complexity index is 648. The lowest BCUT2D eigenvalue weighted by molar-refractivity contribution is -0.119. The van der Waals surface area contributed by atoms with Crippen molar-refractivity contribution >= 4 is 41.5 Å². The Hall–Kier alpha value is -1.35. The zero-order valence-corrected chi connectivity index (χ0v) is 21.0. The lowest BCUT2D eigenvalue weighted by atomic mass is 9.98. The number of hydrogen-bond acceptors (Lipinski definition) is 3. The van der Waals surface area contributed by atoms with Crippen molar-refractivity contribution in [3.63, 3.8) is 0 Å². The average Bonchev–Trinajstić information content (AvgIpc) is 2.76. The molecule has 1 amide bonds. The van der Waals surface area contributed by atoms with Crippen molar-refractivity contribution in [2.75, 3.05) is 25.5 Å². The van der Waals surface area contributed by atoms with Crippen molar-refractivity contribution in [1.82, 2.24) is 10.6 Å². The summed E-state index contributed by atoms with van der Waals surface area (Å²) in [5, 5.41) is 9.65. The molecule has 0 heterocycles. The fourth-order valence-electron chi connectivity index (χ4n) is 3.38. The minimum Gasteiger partial charge on any atom is -0.378 e. The monoisotopic (exact) mass is 530 g/mol. The lowest BCUT2D eigenvalue weighted by Gasteiger charge is -2.22. The summed E-state index contributed by atoms with van der Waals surface area (Å²) in [6.45, 7) is 6.23. The maximum absolute atomic E-state index is 12.1. The van der Waals surface area contributed by atoms with Gasteiger partial charge in [-0.1, -0.05) is 45.2 Å². The molecule has 0 aliphatic heterocycles. The van der Waals surface area contributed by atoms with Crippen molar-refractivity contribution in [2.45, 2.75) is 71.4 Å². The standard InChI is InChI=1S/C23H38N4O2.HI/c1-4-18(2)22(28)27-20-11-8-10-19(16-20)17-26-23(24-3)25-14-9-15-29-21-12-6-5-7-13-21;/h8,10-11,16,18,21H,4-7,9,12-15,17H2,1-3H3,(H,27,28)(H2,24,25,26);1H. The van der Waals surface area contributed by atoms with Gasteiger partial charge in [0.15, 0.2) is 5.96 Å². The SMILES string of the molecule is CCC(C)C(=O)Nc1cccc(CNC(=NC)NCCCOC2CCCCC2)c1.I. The molecule has 7 heteroatoms. The summed E-state index contributed by atoms with van der Waals surface area (Å²) in [5.74, 6) is 0.851. The van der Waals surface area contributed by atoms with E-state index in [0.29, 0.717) is 12.6 Å². The highest BCUT2D eigenvalue weighted by molar-refractivity contribution is 14.0. The van der Waals surface area contributed by atoms with Gasteiger partial charge in [0.1, 0.15) is 0 Å². The number of guanidine groups is 1. The molecular weight excluding hydrogens is 491 g/mol. The molecule has 2 rings (SSSR count). The summed E-state index contributed by atoms with van der Waals surface area (Å²) in [7, 11) is 1.77. The molecule has 1 aliphatic rings. The molecule has 1 atom stereocenters. The van der Waals surface area contributed by atoms with E-state index < -0.39 is 0 Å². The molecule has 1 unspecified atom stereocenters. The Morgan fingerprint density at radius 3 is 2.70 bits per heavy atom. The van der Waals surface area contributed by atoms with E-state index in [4.69, 9.17) is 4.74 Å². The van der Waals surface area contributed by atoms with Gasteiger partial charge in [-0.2, -0.15) is 0 Å². The molecule has 6 nitrogen and oxygen atoms in total. The molecule has 3 N–H and O–H groups in total. The largest absolute Gasteiger partial charge is 0.378 e. The van der Waals surface area contributed by atoms with Gasteiger partial charge in [0.25, 0.3) is 0 Å². The molecule has 30 heavy (non-hydrogen) atoms. The van der Waals surface area contributed by atoms with Gasteiger partial charge in [-0.25, -0.2) is 0 Å². The van der Waals surface area contributed by atoms with E-state index in [0.717, 1.165) is 43.2 Å². The van der Waals surface area contributed by atoms with Gasteiger partial charge in [0, 0.05) is 38.3 Å². The normalized spacial score (nSPS) is 15.8. The van der Waals surface area contributed by atoms with Crippen molar-refractivity contribution in [2.24, 2.45) is 10.9 Å². The number of aliphatic imine (C=N–C) groups is 1. The minimum absolute atomic E-state index is 0. The second-order valence-electron chi connectivity index (χ2n) is 7.84. The van der Waals surface area contributed by atoms with E-state index in [2.05, 4.69) is 20.9 Å². The molecule has 0 saturated heterocycles. The van der Waals surface area contributed by atoms with E-state index >= 15 is 0 Å². The van der Waals surface area contributed by atoms with Crippen LogP contribution in [0.3, 0.4) is 0 Å². The maximum Gasteiger partial charge on any atom is 0.227 e. The number of carbonyl (C=O) groups excluding carboxylic acids is 1. The van der Waals surface area contributed by atoms with E-state index in [1.165, 1.54) is 32.1 Å². The fourth-order valence-corrected chi connectivity index (χ4v) is 3.38. The summed E-state index contributed by atoms with van der Waals surface area (Å²) in [6.07, 6.45) is 8.67. The predicted octanol–water partition coefficient (Wildman–Crippen LogP) is 4.69. The van der Waals surface area contributed by atoms with Crippen LogP contribution in [0, 0.1) is 5.92 Å². The first-order chi connectivity index (χ1) is 14.1. The molecule has 1 fully saturated rings. The number of nitrogens with one attached hydrogen (secondary N) is 3. The summed E-state index contributed by atoms with van der Waals surface area (Å²) in [4.78, 5) is 16.4. The minimum atomic E-state index is 0. The quantitative estimate of drug-likeness (QED) is 0.178. The van der Waals surface area contributed by atoms with Gasteiger partial charge < -0.3 is 20.7 Å². The van der Waals surface area contributed by atoms with Gasteiger partial charge in [-0.3, -0.25) is 9.79 Å². The zero-order valence-electron chi connectivity index (χ0n) is 18.7. The number of carbonyl (C=O) groups is 1. The first-order valence-electron chi connectivity index (χ1n) is 11.1. The molecule has 0 bridgehead atoms. The lowest BCUT2D eigenvalue weighted by Crippen LogP contribution is -2.37. The molecule has 0 spiro atoms. The van der Waals surface area contributed by atoms with Crippen LogP contribution in [0.2, 0.25) is 0 Å². The van der Waals surface area contributed by atoms with Crippen molar-refractivity contribution in [3.05, 3.63) is 29.8 Å². The van der Waals surface area contributed by atoms with Crippen molar-refractivity contribution in [1.29, 1.82) is 0 Å². The smallest absolute Gasteiger partial charge is 0.227 e. The number of hydrogen-bond donors (Lipinski definition) is 3. The second kappa shape index (κ2) is 15.5. The second-order valence-corrected chi connectivity index (χ2v) is 7.84. The third-order valence-electron chi connectivity index (χ3n) is 5.46. The van der Waals surface area contributed by atoms with Crippen LogP contribution in [-0.2, 0) is 16.1 Å². The molecular formula is C23H39IN4O2. The van der Waals surface area contributed by atoms with E-state index in [1.54, 1.807) is 7.05 Å². The van der Waals surface area contributed by atoms with Crippen LogP contribution in [0.15, 0.2) is 29.3 Å². The number of rotatable bonds is 10. The number of amides is 1. The Kier molecular flexibility index (Phi) is 13.7. The van der Waals surface area contributed by atoms with Crippen LogP contribution in [0.4, 0.5) is 5.69 Å². The van der Waals surface area contributed by atoms with Gasteiger partial charge in [-0.15, -0.1) is 24.0 Å². The van der Waals surface area contributed by atoms with Gasteiger partial charge in [0.05, 0.1) is 6.10 Å². The summed E-state index contributed by atoms with van der Waals surface area (Å²) >= 11 is 0. The first kappa shape index (κ1) is 26.7. The molecule has 1 aliphatic carbocycles. The molecule has 1 aromatic rings. The Morgan fingerprint density at radius 2 is 2.00 bits per heavy atom. The van der Waals surface area contributed by atoms with E-state index in [9.17, 15) is 4.79 Å². The summed E-state index contributed by atoms with van der Waals surface area (Å²) in [6, 6.07) is 7.92. The highest BCUT2D eigenvalue weighted by atomic mass is 127. The third-order valence-corrected chi connectivity index (χ3v) is 5.46. The molecule has 0 radical (unpaired) electrons. The summed E-state index contributed by atoms with van der Waals surface area (Å²) < 4.78 is 5.96. The average molecular weight is 530 g/mol. The number of halogens is 1. The van der Waals surface area contributed by atoms with Gasteiger partial charge in [0.2, 0.25) is 5.91 Å². The zero-order chi connectivity index (χ0) is 20.9. The maximum atomic E-state index is 12.1. The number of anilines is 1. The first-order valence-corrected chi connectivity index (χ1v) is 11.1. The molecule has 1 aromatic carbocycles. The van der Waals surface area contributed by atoms with Crippen LogP contribution in [0.1, 0.15) is 64.4 Å². The van der Waals surface area contributed by atoms with Crippen molar-refractivity contribution < 1.29 is 9.53 Å². The van der Waals surface area contributed by atoms with Crippen LogP contribution in [-0.4, -0.2) is 38.2 Å². The predicted molar refractivity (Wildman–Crippen MR) is 136 cm³/mol. The highest BCUT2D eigenvalue weighted by Gasteiger charge is 2.13. The molecule has 170 valence electrons. The number of benzene rings is 1. The molecule has 1 saturated carbocycles. The fraction of sp³-hybridized carbons (Fsp3) is 0.652. The van der Waals surface area contributed by atoms with Gasteiger partial charge >= 0.3 is 0 Å².